The van der Waals surface area contributed by atoms with Crippen molar-refractivity contribution in [2.45, 2.75) is 17.4 Å². The number of aliphatic hydroxyl groups excluding tert-OH is 1. The molecule has 2 rings (SSSR count). The van der Waals surface area contributed by atoms with E-state index in [4.69, 9.17) is 5.26 Å². The van der Waals surface area contributed by atoms with E-state index in [1.54, 1.807) is 12.1 Å². The number of nitrogens with one attached hydrogen (secondary N) is 1. The van der Waals surface area contributed by atoms with Crippen LogP contribution in [0.25, 0.3) is 0 Å². The van der Waals surface area contributed by atoms with Crippen LogP contribution in [0.5, 0.6) is 0 Å². The quantitative estimate of drug-likeness (QED) is 0.765. The number of sulfone groups is 1. The van der Waals surface area contributed by atoms with Crippen molar-refractivity contribution in [3.63, 3.8) is 0 Å². The predicted octanol–water partition coefficient (Wildman–Crippen LogP) is 2.05. The number of hydrogen-bond acceptors (Lipinski definition) is 5. The fourth-order valence-electron chi connectivity index (χ4n) is 2.45. The van der Waals surface area contributed by atoms with Crippen molar-refractivity contribution in [3.05, 3.63) is 65.7 Å². The number of benzene rings is 2. The molecular formula is C18H20N2O3S. The summed E-state index contributed by atoms with van der Waals surface area (Å²) in [7, 11) is -3.46. The molecule has 0 saturated heterocycles. The minimum Gasteiger partial charge on any atom is -0.396 e. The summed E-state index contributed by atoms with van der Waals surface area (Å²) in [5.41, 5.74) is 1.34. The summed E-state index contributed by atoms with van der Waals surface area (Å²) in [6.45, 7) is 0.280. The van der Waals surface area contributed by atoms with E-state index in [1.165, 1.54) is 12.1 Å². The Morgan fingerprint density at radius 3 is 2.54 bits per heavy atom. The van der Waals surface area contributed by atoms with Gasteiger partial charge in [0.25, 0.3) is 0 Å². The first kappa shape index (κ1) is 18.1. The highest BCUT2D eigenvalue weighted by Gasteiger charge is 2.16. The van der Waals surface area contributed by atoms with E-state index in [0.717, 1.165) is 5.56 Å². The van der Waals surface area contributed by atoms with Gasteiger partial charge in [-0.15, -0.1) is 0 Å². The Balaban J connectivity index is 2.02. The fraction of sp³-hybridized carbons (Fsp3) is 0.278. The average molecular weight is 344 g/mol. The van der Waals surface area contributed by atoms with Crippen molar-refractivity contribution in [1.82, 2.24) is 5.32 Å². The molecule has 0 aliphatic rings. The van der Waals surface area contributed by atoms with Gasteiger partial charge in [-0.2, -0.15) is 5.26 Å². The molecule has 0 radical (unpaired) electrons. The Labute approximate surface area is 142 Å². The first-order chi connectivity index (χ1) is 11.6. The molecule has 0 amide bonds. The summed E-state index contributed by atoms with van der Waals surface area (Å²) in [6, 6.07) is 17.5. The van der Waals surface area contributed by atoms with Crippen molar-refractivity contribution in [3.8, 4) is 6.07 Å². The summed E-state index contributed by atoms with van der Waals surface area (Å²) in [4.78, 5) is 0.154. The lowest BCUT2D eigenvalue weighted by Crippen LogP contribution is -2.28. The number of aliphatic hydroxyl groups is 1. The van der Waals surface area contributed by atoms with E-state index in [1.807, 2.05) is 36.4 Å². The third kappa shape index (κ3) is 4.90. The Morgan fingerprint density at radius 2 is 1.88 bits per heavy atom. The second-order valence-electron chi connectivity index (χ2n) is 5.39. The molecule has 2 aromatic rings. The van der Waals surface area contributed by atoms with Gasteiger partial charge in [-0.25, -0.2) is 8.42 Å². The van der Waals surface area contributed by atoms with E-state index in [2.05, 4.69) is 5.32 Å². The van der Waals surface area contributed by atoms with Gasteiger partial charge in [0.15, 0.2) is 9.84 Å². The molecular weight excluding hydrogens is 324 g/mol. The van der Waals surface area contributed by atoms with Crippen LogP contribution in [0, 0.1) is 11.3 Å². The predicted molar refractivity (Wildman–Crippen MR) is 92.1 cm³/mol. The van der Waals surface area contributed by atoms with Gasteiger partial charge in [-0.3, -0.25) is 0 Å². The Hall–Kier alpha value is -2.20. The molecule has 0 saturated carbocycles. The topological polar surface area (TPSA) is 90.2 Å². The smallest absolute Gasteiger partial charge is 0.179 e. The minimum absolute atomic E-state index is 0.0174. The molecule has 126 valence electrons. The van der Waals surface area contributed by atoms with Crippen molar-refractivity contribution in [1.29, 1.82) is 5.26 Å². The van der Waals surface area contributed by atoms with Crippen LogP contribution in [-0.4, -0.2) is 32.4 Å². The third-order valence-corrected chi connectivity index (χ3v) is 5.42. The van der Waals surface area contributed by atoms with Crippen molar-refractivity contribution >= 4 is 9.84 Å². The largest absolute Gasteiger partial charge is 0.396 e. The van der Waals surface area contributed by atoms with Crippen LogP contribution in [0.1, 0.15) is 23.6 Å². The van der Waals surface area contributed by atoms with Crippen LogP contribution in [0.3, 0.4) is 0 Å². The zero-order valence-corrected chi connectivity index (χ0v) is 14.0. The molecule has 0 bridgehead atoms. The molecule has 0 heterocycles. The van der Waals surface area contributed by atoms with Crippen molar-refractivity contribution < 1.29 is 13.5 Å². The molecule has 24 heavy (non-hydrogen) atoms. The highest BCUT2D eigenvalue weighted by molar-refractivity contribution is 7.91. The molecule has 0 fully saturated rings. The lowest BCUT2D eigenvalue weighted by Gasteiger charge is -2.18. The van der Waals surface area contributed by atoms with Crippen LogP contribution in [0.15, 0.2) is 59.5 Å². The fourth-order valence-corrected chi connectivity index (χ4v) is 3.66. The SMILES string of the molecule is N#Cc1cccc(S(=O)(=O)CCNC(CCO)c2ccccc2)c1. The second-order valence-corrected chi connectivity index (χ2v) is 7.50. The number of rotatable bonds is 8. The van der Waals surface area contributed by atoms with Crippen LogP contribution < -0.4 is 5.32 Å². The molecule has 1 atom stereocenters. The number of nitriles is 1. The monoisotopic (exact) mass is 344 g/mol. The van der Waals surface area contributed by atoms with E-state index in [-0.39, 0.29) is 29.8 Å². The van der Waals surface area contributed by atoms with E-state index >= 15 is 0 Å². The zero-order valence-electron chi connectivity index (χ0n) is 13.2. The highest BCUT2D eigenvalue weighted by atomic mass is 32.2. The molecule has 0 aromatic heterocycles. The van der Waals surface area contributed by atoms with Gasteiger partial charge in [0.05, 0.1) is 22.3 Å². The maximum Gasteiger partial charge on any atom is 0.179 e. The van der Waals surface area contributed by atoms with Crippen LogP contribution in [0.2, 0.25) is 0 Å². The minimum atomic E-state index is -3.46. The summed E-state index contributed by atoms with van der Waals surface area (Å²) in [6.07, 6.45) is 0.508. The van der Waals surface area contributed by atoms with E-state index in [0.29, 0.717) is 12.0 Å². The molecule has 1 unspecified atom stereocenters. The lowest BCUT2D eigenvalue weighted by atomic mass is 10.0. The van der Waals surface area contributed by atoms with Crippen LogP contribution >= 0.6 is 0 Å². The maximum absolute atomic E-state index is 12.4. The van der Waals surface area contributed by atoms with Gasteiger partial charge in [0, 0.05) is 19.2 Å². The van der Waals surface area contributed by atoms with Crippen LogP contribution in [-0.2, 0) is 9.84 Å². The first-order valence-electron chi connectivity index (χ1n) is 7.69. The van der Waals surface area contributed by atoms with Gasteiger partial charge >= 0.3 is 0 Å². The van der Waals surface area contributed by atoms with Gasteiger partial charge in [0.2, 0.25) is 0 Å². The summed E-state index contributed by atoms with van der Waals surface area (Å²) in [5.74, 6) is -0.0728. The summed E-state index contributed by atoms with van der Waals surface area (Å²) < 4.78 is 24.8. The molecule has 5 nitrogen and oxygen atoms in total. The second kappa shape index (κ2) is 8.60. The Bertz CT molecular complexity index is 799. The molecule has 0 spiro atoms. The number of nitrogens with zero attached hydrogens (tertiary/aromatic N) is 1. The van der Waals surface area contributed by atoms with Gasteiger partial charge in [-0.05, 0) is 30.2 Å². The first-order valence-corrected chi connectivity index (χ1v) is 9.34. The third-order valence-electron chi connectivity index (χ3n) is 3.70. The molecule has 2 N–H and O–H groups in total. The zero-order chi connectivity index (χ0) is 17.4. The lowest BCUT2D eigenvalue weighted by molar-refractivity contribution is 0.266. The van der Waals surface area contributed by atoms with Crippen molar-refractivity contribution in [2.75, 3.05) is 18.9 Å². The molecule has 2 aromatic carbocycles. The summed E-state index contributed by atoms with van der Waals surface area (Å²) >= 11 is 0. The summed E-state index contributed by atoms with van der Waals surface area (Å²) in [5, 5.41) is 21.3. The average Bonchev–Trinajstić information content (AvgIpc) is 2.61. The van der Waals surface area contributed by atoms with Gasteiger partial charge in [0.1, 0.15) is 0 Å². The van der Waals surface area contributed by atoms with Gasteiger partial charge < -0.3 is 10.4 Å². The molecule has 0 aliphatic carbocycles. The highest BCUT2D eigenvalue weighted by Crippen LogP contribution is 2.17. The van der Waals surface area contributed by atoms with E-state index < -0.39 is 9.84 Å². The Morgan fingerprint density at radius 1 is 1.12 bits per heavy atom. The molecule has 6 heteroatoms. The van der Waals surface area contributed by atoms with Crippen LogP contribution in [0.4, 0.5) is 0 Å². The Kier molecular flexibility index (Phi) is 6.50. The van der Waals surface area contributed by atoms with Crippen molar-refractivity contribution in [2.24, 2.45) is 0 Å². The van der Waals surface area contributed by atoms with Gasteiger partial charge in [-0.1, -0.05) is 36.4 Å². The number of hydrogen-bond donors (Lipinski definition) is 2. The normalized spacial score (nSPS) is 12.5. The van der Waals surface area contributed by atoms with E-state index in [9.17, 15) is 13.5 Å². The molecule has 0 aliphatic heterocycles. The standard InChI is InChI=1S/C18H20N2O3S/c19-14-15-5-4-8-17(13-15)24(22,23)12-10-20-18(9-11-21)16-6-2-1-3-7-16/h1-8,13,18,20-21H,9-12H2. The maximum atomic E-state index is 12.4.